The second kappa shape index (κ2) is 7.02. The molecule has 1 aliphatic rings. The van der Waals surface area contributed by atoms with Gasteiger partial charge in [0, 0.05) is 17.1 Å². The molecule has 27 heavy (non-hydrogen) atoms. The summed E-state index contributed by atoms with van der Waals surface area (Å²) < 4.78 is 4.69. The molecule has 1 fully saturated rings. The molecule has 138 valence electrons. The topological polar surface area (TPSA) is 27.3 Å². The normalized spacial score (nSPS) is 15.7. The summed E-state index contributed by atoms with van der Waals surface area (Å²) >= 11 is 6.05. The quantitative estimate of drug-likeness (QED) is 0.519. The van der Waals surface area contributed by atoms with Crippen LogP contribution in [0.2, 0.25) is 5.02 Å². The Balaban J connectivity index is 1.55. The van der Waals surface area contributed by atoms with Crippen LogP contribution in [0.15, 0.2) is 54.7 Å². The summed E-state index contributed by atoms with van der Waals surface area (Å²) in [6.45, 7) is 4.56. The summed E-state index contributed by atoms with van der Waals surface area (Å²) in [6.07, 6.45) is 6.24. The number of fused-ring (bicyclic) bond motifs is 3. The molecule has 0 atom stereocenters. The van der Waals surface area contributed by atoms with Crippen LogP contribution in [0.3, 0.4) is 0 Å². The molecule has 1 N–H and O–H groups in total. The molecule has 0 radical (unpaired) electrons. The van der Waals surface area contributed by atoms with Crippen LogP contribution in [-0.4, -0.2) is 33.9 Å². The molecule has 4 nitrogen and oxygen atoms in total. The van der Waals surface area contributed by atoms with Crippen molar-refractivity contribution in [2.75, 3.05) is 19.6 Å². The number of rotatable bonds is 4. The molecule has 0 amide bonds. The van der Waals surface area contributed by atoms with Gasteiger partial charge in [0.05, 0.1) is 6.54 Å². The van der Waals surface area contributed by atoms with Crippen LogP contribution in [0.25, 0.3) is 28.1 Å². The minimum atomic E-state index is 0.763. The maximum absolute atomic E-state index is 6.05. The third-order valence-corrected chi connectivity index (χ3v) is 5.92. The Hall–Kier alpha value is -2.30. The zero-order chi connectivity index (χ0) is 18.2. The predicted octanol–water partition coefficient (Wildman–Crippen LogP) is 4.51. The zero-order valence-corrected chi connectivity index (χ0v) is 16.1. The van der Waals surface area contributed by atoms with Crippen molar-refractivity contribution in [1.82, 2.24) is 14.3 Å². The number of nitrogens with zero attached hydrogens (tertiary/aromatic N) is 3. The lowest BCUT2D eigenvalue weighted by Gasteiger charge is -2.25. The lowest BCUT2D eigenvalue weighted by Crippen LogP contribution is -2.42. The number of hydrogen-bond acceptors (Lipinski definition) is 1. The van der Waals surface area contributed by atoms with Crippen LogP contribution >= 0.6 is 11.6 Å². The molecule has 2 aromatic carbocycles. The first-order chi connectivity index (χ1) is 13.3. The van der Waals surface area contributed by atoms with Gasteiger partial charge in [-0.2, -0.15) is 4.40 Å². The molecule has 0 bridgehead atoms. The molecular weight excluding hydrogens is 356 g/mol. The Morgan fingerprint density at radius 3 is 2.56 bits per heavy atom. The first kappa shape index (κ1) is 16.8. The SMILES string of the molecule is Clc1ccc(-c2cn3c4ccccc4[n+](CCN4CCCCC4)c3[nH]2)cc1. The molecule has 5 rings (SSSR count). The number of aromatic nitrogens is 3. The van der Waals surface area contributed by atoms with Crippen LogP contribution in [0.1, 0.15) is 19.3 Å². The molecule has 1 saturated heterocycles. The summed E-state index contributed by atoms with van der Waals surface area (Å²) in [5.41, 5.74) is 4.78. The van der Waals surface area contributed by atoms with Gasteiger partial charge in [0.25, 0.3) is 0 Å². The maximum Gasteiger partial charge on any atom is 0.368 e. The fraction of sp³-hybridized carbons (Fsp3) is 0.318. The van der Waals surface area contributed by atoms with Gasteiger partial charge in [0.15, 0.2) is 0 Å². The molecule has 0 aliphatic carbocycles. The minimum Gasteiger partial charge on any atom is -0.300 e. The van der Waals surface area contributed by atoms with Crippen molar-refractivity contribution >= 4 is 28.4 Å². The van der Waals surface area contributed by atoms with Gasteiger partial charge in [-0.3, -0.25) is 0 Å². The highest BCUT2D eigenvalue weighted by atomic mass is 35.5. The van der Waals surface area contributed by atoms with Gasteiger partial charge in [-0.15, -0.1) is 0 Å². The van der Waals surface area contributed by atoms with Crippen molar-refractivity contribution in [3.63, 3.8) is 0 Å². The number of nitrogens with one attached hydrogen (secondary N) is 1. The van der Waals surface area contributed by atoms with Gasteiger partial charge in [-0.05, 0) is 62.3 Å². The fourth-order valence-corrected chi connectivity index (χ4v) is 4.35. The van der Waals surface area contributed by atoms with E-state index in [1.54, 1.807) is 0 Å². The number of H-pyrrole nitrogens is 1. The van der Waals surface area contributed by atoms with Gasteiger partial charge in [0.1, 0.15) is 22.9 Å². The Bertz CT molecular complexity index is 1070. The number of benzene rings is 2. The van der Waals surface area contributed by atoms with Crippen molar-refractivity contribution in [2.45, 2.75) is 25.8 Å². The Labute approximate surface area is 164 Å². The molecular formula is C22H24ClN4+. The molecule has 1 aliphatic heterocycles. The third kappa shape index (κ3) is 3.13. The van der Waals surface area contributed by atoms with E-state index in [2.05, 4.69) is 61.4 Å². The molecule has 0 saturated carbocycles. The number of hydrogen-bond donors (Lipinski definition) is 1. The van der Waals surface area contributed by atoms with Gasteiger partial charge >= 0.3 is 5.78 Å². The zero-order valence-electron chi connectivity index (χ0n) is 15.4. The summed E-state index contributed by atoms with van der Waals surface area (Å²) in [5, 5.41) is 0.763. The van der Waals surface area contributed by atoms with Crippen molar-refractivity contribution in [2.24, 2.45) is 0 Å². The summed E-state index contributed by atoms with van der Waals surface area (Å²) in [7, 11) is 0. The number of piperidine rings is 1. The highest BCUT2D eigenvalue weighted by Crippen LogP contribution is 2.23. The van der Waals surface area contributed by atoms with Crippen molar-refractivity contribution in [3.8, 4) is 11.3 Å². The fourth-order valence-electron chi connectivity index (χ4n) is 4.22. The van der Waals surface area contributed by atoms with E-state index in [1.807, 2.05) is 12.1 Å². The predicted molar refractivity (Wildman–Crippen MR) is 110 cm³/mol. The van der Waals surface area contributed by atoms with Crippen molar-refractivity contribution < 1.29 is 4.57 Å². The maximum atomic E-state index is 6.05. The summed E-state index contributed by atoms with van der Waals surface area (Å²) in [4.78, 5) is 6.24. The monoisotopic (exact) mass is 379 g/mol. The Kier molecular flexibility index (Phi) is 4.38. The van der Waals surface area contributed by atoms with Crippen molar-refractivity contribution in [1.29, 1.82) is 0 Å². The van der Waals surface area contributed by atoms with Gasteiger partial charge in [0.2, 0.25) is 0 Å². The van der Waals surface area contributed by atoms with Crippen LogP contribution in [0, 0.1) is 0 Å². The van der Waals surface area contributed by atoms with Gasteiger partial charge < -0.3 is 4.90 Å². The first-order valence-corrected chi connectivity index (χ1v) is 10.2. The lowest BCUT2D eigenvalue weighted by molar-refractivity contribution is -0.647. The van der Waals surface area contributed by atoms with Crippen LogP contribution in [-0.2, 0) is 6.54 Å². The van der Waals surface area contributed by atoms with Gasteiger partial charge in [-0.1, -0.05) is 30.2 Å². The molecule has 4 aromatic rings. The van der Waals surface area contributed by atoms with Crippen LogP contribution < -0.4 is 4.57 Å². The Morgan fingerprint density at radius 1 is 0.963 bits per heavy atom. The first-order valence-electron chi connectivity index (χ1n) is 9.79. The summed E-state index contributed by atoms with van der Waals surface area (Å²) in [5.74, 6) is 1.14. The molecule has 0 unspecified atom stereocenters. The standard InChI is InChI=1S/C22H23ClN4/c23-18-10-8-17(9-11-18)19-16-27-21-7-3-2-6-20(21)26(22(27)24-19)15-14-25-12-4-1-5-13-25/h2-3,6-11,16H,1,4-5,12-15H2/p+1. The largest absolute Gasteiger partial charge is 0.368 e. The van der Waals surface area contributed by atoms with E-state index >= 15 is 0 Å². The second-order valence-corrected chi connectivity index (χ2v) is 7.85. The molecule has 5 heteroatoms. The molecule has 3 heterocycles. The number of para-hydroxylation sites is 2. The third-order valence-electron chi connectivity index (χ3n) is 5.66. The highest BCUT2D eigenvalue weighted by Gasteiger charge is 2.22. The lowest BCUT2D eigenvalue weighted by atomic mass is 10.1. The number of likely N-dealkylation sites (tertiary alicyclic amines) is 1. The van der Waals surface area contributed by atoms with E-state index in [1.165, 1.54) is 43.4 Å². The van der Waals surface area contributed by atoms with Crippen molar-refractivity contribution in [3.05, 3.63) is 59.8 Å². The van der Waals surface area contributed by atoms with Gasteiger partial charge in [-0.25, -0.2) is 9.55 Å². The van der Waals surface area contributed by atoms with E-state index in [9.17, 15) is 0 Å². The van der Waals surface area contributed by atoms with Crippen LogP contribution in [0.4, 0.5) is 0 Å². The average molecular weight is 380 g/mol. The van der Waals surface area contributed by atoms with Crippen LogP contribution in [0.5, 0.6) is 0 Å². The molecule has 2 aromatic heterocycles. The number of aromatic amines is 1. The van der Waals surface area contributed by atoms with E-state index in [4.69, 9.17) is 11.6 Å². The average Bonchev–Trinajstić information content (AvgIpc) is 3.26. The van der Waals surface area contributed by atoms with E-state index < -0.39 is 0 Å². The van der Waals surface area contributed by atoms with E-state index in [0.29, 0.717) is 0 Å². The smallest absolute Gasteiger partial charge is 0.300 e. The second-order valence-electron chi connectivity index (χ2n) is 7.41. The summed E-state index contributed by atoms with van der Waals surface area (Å²) in [6, 6.07) is 16.7. The van der Waals surface area contributed by atoms with E-state index in [-0.39, 0.29) is 0 Å². The highest BCUT2D eigenvalue weighted by molar-refractivity contribution is 6.30. The number of halogens is 1. The minimum absolute atomic E-state index is 0.763. The Morgan fingerprint density at radius 2 is 1.74 bits per heavy atom. The van der Waals surface area contributed by atoms with E-state index in [0.717, 1.165) is 35.1 Å². The molecule has 0 spiro atoms. The number of imidazole rings is 2.